The summed E-state index contributed by atoms with van der Waals surface area (Å²) in [7, 11) is -3.90. The fourth-order valence-corrected chi connectivity index (χ4v) is 5.55. The Bertz CT molecular complexity index is 1210. The third kappa shape index (κ3) is 4.70. The van der Waals surface area contributed by atoms with Crippen molar-refractivity contribution in [2.45, 2.75) is 44.0 Å². The van der Waals surface area contributed by atoms with Crippen molar-refractivity contribution < 1.29 is 13.2 Å². The smallest absolute Gasteiger partial charge is 0.264 e. The second-order valence-electron chi connectivity index (χ2n) is 8.33. The summed E-state index contributed by atoms with van der Waals surface area (Å²) >= 11 is 0. The van der Waals surface area contributed by atoms with Crippen molar-refractivity contribution >= 4 is 21.6 Å². The van der Waals surface area contributed by atoms with Crippen molar-refractivity contribution in [2.24, 2.45) is 0 Å². The van der Waals surface area contributed by atoms with E-state index in [0.717, 1.165) is 24.0 Å². The molecule has 0 bridgehead atoms. The maximum Gasteiger partial charge on any atom is 0.264 e. The predicted octanol–water partition coefficient (Wildman–Crippen LogP) is 4.56. The molecule has 32 heavy (non-hydrogen) atoms. The lowest BCUT2D eigenvalue weighted by atomic mass is 10.0. The minimum Gasteiger partial charge on any atom is -0.348 e. The number of hydrogen-bond donors (Lipinski definition) is 1. The van der Waals surface area contributed by atoms with Gasteiger partial charge in [0.05, 0.1) is 16.6 Å². The molecule has 1 atom stereocenters. The van der Waals surface area contributed by atoms with Gasteiger partial charge in [-0.25, -0.2) is 8.42 Å². The molecule has 5 nitrogen and oxygen atoms in total. The van der Waals surface area contributed by atoms with Gasteiger partial charge in [0.25, 0.3) is 10.0 Å². The summed E-state index contributed by atoms with van der Waals surface area (Å²) in [5.74, 6) is -0.349. The van der Waals surface area contributed by atoms with Crippen molar-refractivity contribution in [1.29, 1.82) is 0 Å². The number of carbonyl (C=O) groups is 1. The number of sulfonamides is 1. The Morgan fingerprint density at radius 2 is 1.66 bits per heavy atom. The first kappa shape index (κ1) is 22.1. The average molecular weight is 449 g/mol. The van der Waals surface area contributed by atoms with E-state index in [1.54, 1.807) is 42.5 Å². The third-order valence-electron chi connectivity index (χ3n) is 5.94. The molecule has 3 aromatic carbocycles. The molecule has 4 rings (SSSR count). The van der Waals surface area contributed by atoms with Crippen LogP contribution in [0.2, 0.25) is 0 Å². The largest absolute Gasteiger partial charge is 0.348 e. The van der Waals surface area contributed by atoms with Gasteiger partial charge in [0.15, 0.2) is 0 Å². The van der Waals surface area contributed by atoms with Crippen LogP contribution in [0.4, 0.5) is 5.69 Å². The molecular formula is C26H28N2O3S. The van der Waals surface area contributed by atoms with Crippen LogP contribution in [0.1, 0.15) is 41.6 Å². The normalized spacial score (nSPS) is 13.9. The van der Waals surface area contributed by atoms with E-state index < -0.39 is 10.0 Å². The lowest BCUT2D eigenvalue weighted by molar-refractivity contribution is -0.120. The van der Waals surface area contributed by atoms with Gasteiger partial charge in [-0.05, 0) is 74.1 Å². The second-order valence-corrected chi connectivity index (χ2v) is 10.2. The van der Waals surface area contributed by atoms with Gasteiger partial charge in [-0.3, -0.25) is 9.10 Å². The Hall–Kier alpha value is -3.12. The summed E-state index contributed by atoms with van der Waals surface area (Å²) in [6, 6.07) is 21.5. The minimum atomic E-state index is -3.90. The number of anilines is 1. The van der Waals surface area contributed by atoms with Gasteiger partial charge >= 0.3 is 0 Å². The van der Waals surface area contributed by atoms with Gasteiger partial charge in [-0.1, -0.05) is 54.1 Å². The summed E-state index contributed by atoms with van der Waals surface area (Å²) in [4.78, 5) is 13.1. The molecule has 0 unspecified atom stereocenters. The van der Waals surface area contributed by atoms with Crippen LogP contribution in [0.3, 0.4) is 0 Å². The Morgan fingerprint density at radius 1 is 0.969 bits per heavy atom. The molecule has 0 saturated carbocycles. The number of fused-ring (bicyclic) bond motifs is 1. The number of rotatable bonds is 7. The molecule has 1 aliphatic rings. The quantitative estimate of drug-likeness (QED) is 0.576. The highest BCUT2D eigenvalue weighted by Gasteiger charge is 2.27. The highest BCUT2D eigenvalue weighted by molar-refractivity contribution is 7.92. The van der Waals surface area contributed by atoms with Crippen molar-refractivity contribution in [1.82, 2.24) is 5.32 Å². The molecule has 3 aromatic rings. The third-order valence-corrected chi connectivity index (χ3v) is 7.73. The highest BCUT2D eigenvalue weighted by Crippen LogP contribution is 2.26. The van der Waals surface area contributed by atoms with E-state index in [1.165, 1.54) is 21.9 Å². The molecule has 166 valence electrons. The SMILES string of the molecule is Cc1ccc(N(CC(=O)N[C@H](C)c2ccc3c(c2)CCC3)S(=O)(=O)c2ccccc2)cc1. The van der Waals surface area contributed by atoms with E-state index >= 15 is 0 Å². The lowest BCUT2D eigenvalue weighted by Crippen LogP contribution is -2.41. The number of amides is 1. The zero-order valence-electron chi connectivity index (χ0n) is 18.4. The summed E-state index contributed by atoms with van der Waals surface area (Å²) < 4.78 is 27.9. The minimum absolute atomic E-state index is 0.153. The van der Waals surface area contributed by atoms with Gasteiger partial charge in [-0.15, -0.1) is 0 Å². The van der Waals surface area contributed by atoms with E-state index in [9.17, 15) is 13.2 Å². The molecule has 1 aliphatic carbocycles. The first-order valence-corrected chi connectivity index (χ1v) is 12.3. The molecule has 6 heteroatoms. The van der Waals surface area contributed by atoms with Gasteiger partial charge in [-0.2, -0.15) is 0 Å². The van der Waals surface area contributed by atoms with E-state index in [1.807, 2.05) is 32.0 Å². The molecule has 1 amide bonds. The van der Waals surface area contributed by atoms with Crippen LogP contribution in [0.25, 0.3) is 0 Å². The van der Waals surface area contributed by atoms with Crippen LogP contribution in [0.5, 0.6) is 0 Å². The van der Waals surface area contributed by atoms with Crippen LogP contribution < -0.4 is 9.62 Å². The van der Waals surface area contributed by atoms with Gasteiger partial charge in [0.1, 0.15) is 6.54 Å². The molecule has 0 saturated heterocycles. The summed E-state index contributed by atoms with van der Waals surface area (Å²) in [5.41, 5.74) is 5.23. The highest BCUT2D eigenvalue weighted by atomic mass is 32.2. The van der Waals surface area contributed by atoms with Crippen molar-refractivity contribution in [3.63, 3.8) is 0 Å². The molecule has 0 aliphatic heterocycles. The van der Waals surface area contributed by atoms with Gasteiger partial charge < -0.3 is 5.32 Å². The Labute approximate surface area is 190 Å². The Morgan fingerprint density at radius 3 is 2.38 bits per heavy atom. The van der Waals surface area contributed by atoms with Crippen molar-refractivity contribution in [3.05, 3.63) is 95.1 Å². The van der Waals surface area contributed by atoms with Crippen LogP contribution in [-0.4, -0.2) is 20.9 Å². The monoisotopic (exact) mass is 448 g/mol. The molecular weight excluding hydrogens is 420 g/mol. The number of carbonyl (C=O) groups excluding carboxylic acids is 1. The Kier molecular flexibility index (Phi) is 6.33. The Balaban J connectivity index is 1.56. The molecule has 0 heterocycles. The van der Waals surface area contributed by atoms with Gasteiger partial charge in [0.2, 0.25) is 5.91 Å². The number of hydrogen-bond acceptors (Lipinski definition) is 3. The summed E-state index contributed by atoms with van der Waals surface area (Å²) in [6.07, 6.45) is 3.35. The first-order chi connectivity index (χ1) is 15.3. The molecule has 0 aromatic heterocycles. The average Bonchev–Trinajstić information content (AvgIpc) is 3.26. The summed E-state index contributed by atoms with van der Waals surface area (Å²) in [6.45, 7) is 3.57. The van der Waals surface area contributed by atoms with Crippen LogP contribution in [-0.2, 0) is 27.7 Å². The molecule has 0 fully saturated rings. The van der Waals surface area contributed by atoms with E-state index in [0.29, 0.717) is 5.69 Å². The van der Waals surface area contributed by atoms with Crippen molar-refractivity contribution in [2.75, 3.05) is 10.8 Å². The number of nitrogens with one attached hydrogen (secondary N) is 1. The molecule has 0 radical (unpaired) electrons. The van der Waals surface area contributed by atoms with Crippen molar-refractivity contribution in [3.8, 4) is 0 Å². The molecule has 1 N–H and O–H groups in total. The number of aryl methyl sites for hydroxylation is 3. The maximum absolute atomic E-state index is 13.4. The number of nitrogens with zero attached hydrogens (tertiary/aromatic N) is 1. The number of benzene rings is 3. The van der Waals surface area contributed by atoms with E-state index in [2.05, 4.69) is 17.4 Å². The van der Waals surface area contributed by atoms with Crippen LogP contribution in [0, 0.1) is 6.92 Å². The zero-order valence-corrected chi connectivity index (χ0v) is 19.2. The fourth-order valence-electron chi connectivity index (χ4n) is 4.11. The predicted molar refractivity (Wildman–Crippen MR) is 127 cm³/mol. The zero-order chi connectivity index (χ0) is 22.7. The lowest BCUT2D eigenvalue weighted by Gasteiger charge is -2.25. The second kappa shape index (κ2) is 9.17. The molecule has 0 spiro atoms. The first-order valence-electron chi connectivity index (χ1n) is 10.9. The fraction of sp³-hybridized carbons (Fsp3) is 0.269. The van der Waals surface area contributed by atoms with Gasteiger partial charge in [0, 0.05) is 0 Å². The topological polar surface area (TPSA) is 66.5 Å². The van der Waals surface area contributed by atoms with Crippen LogP contribution in [0.15, 0.2) is 77.7 Å². The van der Waals surface area contributed by atoms with E-state index in [-0.39, 0.29) is 23.4 Å². The summed E-state index contributed by atoms with van der Waals surface area (Å²) in [5, 5.41) is 2.98. The standard InChI is InChI=1S/C26H28N2O3S/c1-19-11-15-24(16-12-19)28(32(30,31)25-9-4-3-5-10-25)18-26(29)27-20(2)22-14-13-21-7-6-8-23(21)17-22/h3-5,9-17,20H,6-8,18H2,1-2H3,(H,27,29)/t20-/m1/s1. The van der Waals surface area contributed by atoms with Crippen LogP contribution >= 0.6 is 0 Å². The van der Waals surface area contributed by atoms with E-state index in [4.69, 9.17) is 0 Å². The maximum atomic E-state index is 13.4.